The Labute approximate surface area is 211 Å². The number of nitrogens with one attached hydrogen (secondary N) is 2. The number of benzene rings is 2. The Kier molecular flexibility index (Phi) is 9.76. The van der Waals surface area contributed by atoms with Crippen molar-refractivity contribution in [2.24, 2.45) is 0 Å². The quantitative estimate of drug-likeness (QED) is 0.399. The topological polar surface area (TPSA) is 106 Å². The first-order valence-electron chi connectivity index (χ1n) is 12.0. The predicted octanol–water partition coefficient (Wildman–Crippen LogP) is 3.14. The molecule has 190 valence electrons. The van der Waals surface area contributed by atoms with Crippen molar-refractivity contribution in [1.82, 2.24) is 20.0 Å². The van der Waals surface area contributed by atoms with Crippen LogP contribution in [0.5, 0.6) is 0 Å². The second-order valence-corrected chi connectivity index (χ2v) is 8.64. The van der Waals surface area contributed by atoms with Gasteiger partial charge in [-0.15, -0.1) is 0 Å². The standard InChI is InChI=1S/C27H33N5O4/c1-4-36-27(35)29-23-8-5-7-21(17-23)19-32-26(34)14-13-24(30-32)22-11-9-20(10-12-22)18-25(33)28-15-6-16-31(2)3/h5,7-14,17H,4,6,15-16,18-19H2,1-3H3,(H,28,33)(H,29,35). The molecule has 2 N–H and O–H groups in total. The van der Waals surface area contributed by atoms with E-state index >= 15 is 0 Å². The fraction of sp³-hybridized carbons (Fsp3) is 0.333. The average molecular weight is 492 g/mol. The number of amides is 2. The summed E-state index contributed by atoms with van der Waals surface area (Å²) in [7, 11) is 4.02. The highest BCUT2D eigenvalue weighted by Gasteiger charge is 2.08. The van der Waals surface area contributed by atoms with E-state index in [0.717, 1.165) is 29.7 Å². The summed E-state index contributed by atoms with van der Waals surface area (Å²) in [6.45, 7) is 3.85. The van der Waals surface area contributed by atoms with Gasteiger partial charge in [-0.2, -0.15) is 5.10 Å². The smallest absolute Gasteiger partial charge is 0.411 e. The summed E-state index contributed by atoms with van der Waals surface area (Å²) in [6.07, 6.45) is 0.688. The van der Waals surface area contributed by atoms with E-state index in [4.69, 9.17) is 4.74 Å². The van der Waals surface area contributed by atoms with E-state index < -0.39 is 6.09 Å². The van der Waals surface area contributed by atoms with E-state index in [2.05, 4.69) is 20.6 Å². The molecule has 0 fully saturated rings. The average Bonchev–Trinajstić information content (AvgIpc) is 2.84. The van der Waals surface area contributed by atoms with Gasteiger partial charge in [-0.3, -0.25) is 14.9 Å². The third-order valence-electron chi connectivity index (χ3n) is 5.37. The van der Waals surface area contributed by atoms with E-state index in [1.54, 1.807) is 31.2 Å². The highest BCUT2D eigenvalue weighted by molar-refractivity contribution is 5.84. The van der Waals surface area contributed by atoms with Crippen molar-refractivity contribution in [1.29, 1.82) is 0 Å². The molecule has 0 bridgehead atoms. The fourth-order valence-corrected chi connectivity index (χ4v) is 3.59. The molecule has 0 unspecified atom stereocenters. The first-order valence-corrected chi connectivity index (χ1v) is 12.0. The van der Waals surface area contributed by atoms with Crippen LogP contribution < -0.4 is 16.2 Å². The van der Waals surface area contributed by atoms with E-state index in [1.165, 1.54) is 10.7 Å². The van der Waals surface area contributed by atoms with Gasteiger partial charge in [0, 0.05) is 23.9 Å². The molecule has 9 nitrogen and oxygen atoms in total. The molecule has 2 amide bonds. The number of ether oxygens (including phenoxy) is 1. The maximum Gasteiger partial charge on any atom is 0.411 e. The number of hydrogen-bond acceptors (Lipinski definition) is 6. The lowest BCUT2D eigenvalue weighted by Gasteiger charge is -2.11. The van der Waals surface area contributed by atoms with Crippen LogP contribution in [0, 0.1) is 0 Å². The van der Waals surface area contributed by atoms with Gasteiger partial charge in [0.25, 0.3) is 5.56 Å². The molecular formula is C27H33N5O4. The minimum absolute atomic E-state index is 0.00661. The molecule has 0 spiro atoms. The highest BCUT2D eigenvalue weighted by atomic mass is 16.5. The van der Waals surface area contributed by atoms with Crippen molar-refractivity contribution >= 4 is 17.7 Å². The minimum atomic E-state index is -0.530. The van der Waals surface area contributed by atoms with Crippen molar-refractivity contribution in [3.63, 3.8) is 0 Å². The lowest BCUT2D eigenvalue weighted by Crippen LogP contribution is -2.28. The van der Waals surface area contributed by atoms with Crippen molar-refractivity contribution < 1.29 is 14.3 Å². The van der Waals surface area contributed by atoms with Gasteiger partial charge in [-0.05, 0) is 63.3 Å². The number of carbonyl (C=O) groups excluding carboxylic acids is 2. The van der Waals surface area contributed by atoms with Crippen molar-refractivity contribution in [2.75, 3.05) is 39.1 Å². The van der Waals surface area contributed by atoms with Crippen LogP contribution in [0.25, 0.3) is 11.3 Å². The number of nitrogens with zero attached hydrogens (tertiary/aromatic N) is 3. The summed E-state index contributed by atoms with van der Waals surface area (Å²) in [4.78, 5) is 38.4. The zero-order valence-corrected chi connectivity index (χ0v) is 21.0. The second-order valence-electron chi connectivity index (χ2n) is 8.64. The lowest BCUT2D eigenvalue weighted by atomic mass is 10.1. The SMILES string of the molecule is CCOC(=O)Nc1cccc(Cn2nc(-c3ccc(CC(=O)NCCCN(C)C)cc3)ccc2=O)c1. The molecule has 3 rings (SSSR count). The summed E-state index contributed by atoms with van der Waals surface area (Å²) in [5.74, 6) is -0.00661. The predicted molar refractivity (Wildman–Crippen MR) is 140 cm³/mol. The molecule has 0 saturated carbocycles. The first-order chi connectivity index (χ1) is 17.3. The number of carbonyl (C=O) groups is 2. The largest absolute Gasteiger partial charge is 0.450 e. The van der Waals surface area contributed by atoms with E-state index in [1.807, 2.05) is 44.4 Å². The number of rotatable bonds is 11. The second kappa shape index (κ2) is 13.2. The van der Waals surface area contributed by atoms with Crippen LogP contribution in [0.2, 0.25) is 0 Å². The van der Waals surface area contributed by atoms with E-state index in [-0.39, 0.29) is 24.6 Å². The van der Waals surface area contributed by atoms with Crippen LogP contribution in [0.15, 0.2) is 65.5 Å². The summed E-state index contributed by atoms with van der Waals surface area (Å²) in [5.41, 5.74) is 3.55. The summed E-state index contributed by atoms with van der Waals surface area (Å²) >= 11 is 0. The zero-order valence-electron chi connectivity index (χ0n) is 21.0. The maximum absolute atomic E-state index is 12.4. The summed E-state index contributed by atoms with van der Waals surface area (Å²) in [5, 5.41) is 10.1. The van der Waals surface area contributed by atoms with Gasteiger partial charge < -0.3 is 15.0 Å². The Bertz CT molecular complexity index is 1220. The molecule has 0 atom stereocenters. The van der Waals surface area contributed by atoms with Crippen molar-refractivity contribution in [2.45, 2.75) is 26.3 Å². The maximum atomic E-state index is 12.4. The van der Waals surface area contributed by atoms with Crippen LogP contribution in [0.1, 0.15) is 24.5 Å². The highest BCUT2D eigenvalue weighted by Crippen LogP contribution is 2.17. The summed E-state index contributed by atoms with van der Waals surface area (Å²) in [6, 6.07) is 17.9. The Balaban J connectivity index is 1.64. The van der Waals surface area contributed by atoms with Gasteiger partial charge in [0.15, 0.2) is 0 Å². The van der Waals surface area contributed by atoms with Gasteiger partial charge in [-0.25, -0.2) is 9.48 Å². The normalized spacial score (nSPS) is 10.8. The molecule has 36 heavy (non-hydrogen) atoms. The molecule has 0 aliphatic rings. The van der Waals surface area contributed by atoms with Crippen LogP contribution in [0.3, 0.4) is 0 Å². The molecular weight excluding hydrogens is 458 g/mol. The lowest BCUT2D eigenvalue weighted by molar-refractivity contribution is -0.120. The van der Waals surface area contributed by atoms with Gasteiger partial charge in [0.05, 0.1) is 25.3 Å². The molecule has 0 aliphatic heterocycles. The molecule has 0 radical (unpaired) electrons. The molecule has 1 aromatic heterocycles. The van der Waals surface area contributed by atoms with E-state index in [9.17, 15) is 14.4 Å². The first kappa shape index (κ1) is 26.6. The number of aromatic nitrogens is 2. The zero-order chi connectivity index (χ0) is 25.9. The van der Waals surface area contributed by atoms with Gasteiger partial charge in [-0.1, -0.05) is 36.4 Å². The third-order valence-corrected chi connectivity index (χ3v) is 5.37. The van der Waals surface area contributed by atoms with Crippen LogP contribution in [0.4, 0.5) is 10.5 Å². The van der Waals surface area contributed by atoms with E-state index in [0.29, 0.717) is 24.3 Å². The molecule has 2 aromatic carbocycles. The fourth-order valence-electron chi connectivity index (χ4n) is 3.59. The Morgan fingerprint density at radius 1 is 1.03 bits per heavy atom. The Hall–Kier alpha value is -3.98. The van der Waals surface area contributed by atoms with Gasteiger partial charge in [0.1, 0.15) is 0 Å². The Morgan fingerprint density at radius 3 is 2.53 bits per heavy atom. The molecule has 1 heterocycles. The summed E-state index contributed by atoms with van der Waals surface area (Å²) < 4.78 is 6.29. The van der Waals surface area contributed by atoms with Crippen LogP contribution in [-0.2, 0) is 22.5 Å². The van der Waals surface area contributed by atoms with Crippen molar-refractivity contribution in [3.05, 3.63) is 82.1 Å². The number of hydrogen-bond donors (Lipinski definition) is 2. The van der Waals surface area contributed by atoms with Gasteiger partial charge >= 0.3 is 6.09 Å². The molecule has 0 saturated heterocycles. The minimum Gasteiger partial charge on any atom is -0.450 e. The van der Waals surface area contributed by atoms with Gasteiger partial charge in [0.2, 0.25) is 5.91 Å². The van der Waals surface area contributed by atoms with Crippen molar-refractivity contribution in [3.8, 4) is 11.3 Å². The van der Waals surface area contributed by atoms with Crippen LogP contribution >= 0.6 is 0 Å². The molecule has 0 aliphatic carbocycles. The Morgan fingerprint density at radius 2 is 1.81 bits per heavy atom. The third kappa shape index (κ3) is 8.35. The monoisotopic (exact) mass is 491 g/mol. The van der Waals surface area contributed by atoms with Crippen LogP contribution in [-0.4, -0.2) is 60.5 Å². The molecule has 9 heteroatoms. The number of anilines is 1. The molecule has 3 aromatic rings.